The van der Waals surface area contributed by atoms with Crippen molar-refractivity contribution in [3.05, 3.63) is 93.7 Å². The molecule has 0 aliphatic heterocycles. The third-order valence-electron chi connectivity index (χ3n) is 5.26. The number of amides is 1. The van der Waals surface area contributed by atoms with Crippen molar-refractivity contribution in [2.75, 3.05) is 7.11 Å². The van der Waals surface area contributed by atoms with Crippen molar-refractivity contribution in [3.63, 3.8) is 0 Å². The van der Waals surface area contributed by atoms with Crippen molar-refractivity contribution in [1.29, 1.82) is 0 Å². The maximum Gasteiger partial charge on any atom is 0.263 e. The summed E-state index contributed by atoms with van der Waals surface area (Å²) in [4.78, 5) is 30.2. The molecule has 1 atom stereocenters. The number of carbonyl (C=O) groups excluding carboxylic acids is 1. The zero-order valence-corrected chi connectivity index (χ0v) is 16.5. The van der Waals surface area contributed by atoms with Crippen molar-refractivity contribution >= 4 is 5.91 Å². The fourth-order valence-electron chi connectivity index (χ4n) is 3.47. The van der Waals surface area contributed by atoms with E-state index in [1.165, 1.54) is 0 Å². The Morgan fingerprint density at radius 1 is 1.10 bits per heavy atom. The first-order chi connectivity index (χ1) is 14.1. The van der Waals surface area contributed by atoms with Crippen LogP contribution in [0.4, 0.5) is 0 Å². The van der Waals surface area contributed by atoms with Gasteiger partial charge < -0.3 is 14.6 Å². The third kappa shape index (κ3) is 3.92. The third-order valence-corrected chi connectivity index (χ3v) is 5.26. The molecule has 29 heavy (non-hydrogen) atoms. The van der Waals surface area contributed by atoms with Gasteiger partial charge in [-0.05, 0) is 66.8 Å². The molecule has 0 radical (unpaired) electrons. The molecular weight excluding hydrogens is 366 g/mol. The molecule has 1 fully saturated rings. The van der Waals surface area contributed by atoms with Crippen LogP contribution in [0.2, 0.25) is 0 Å². The summed E-state index contributed by atoms with van der Waals surface area (Å²) in [6, 6.07) is 12.9. The van der Waals surface area contributed by atoms with Gasteiger partial charge in [-0.2, -0.15) is 0 Å². The van der Waals surface area contributed by atoms with Crippen LogP contribution in [0.3, 0.4) is 0 Å². The minimum Gasteiger partial charge on any atom is -0.497 e. The molecule has 1 saturated carbocycles. The monoisotopic (exact) mass is 389 g/mol. The first-order valence-corrected chi connectivity index (χ1v) is 9.65. The summed E-state index contributed by atoms with van der Waals surface area (Å²) in [5.74, 6) is 0.361. The summed E-state index contributed by atoms with van der Waals surface area (Å²) in [6.07, 6.45) is 7.12. The number of aromatic nitrogens is 2. The maximum absolute atomic E-state index is 13.2. The number of pyridine rings is 2. The van der Waals surface area contributed by atoms with Gasteiger partial charge in [0.15, 0.2) is 0 Å². The fourth-order valence-corrected chi connectivity index (χ4v) is 3.47. The van der Waals surface area contributed by atoms with Crippen molar-refractivity contribution in [3.8, 4) is 5.75 Å². The molecule has 1 aliphatic carbocycles. The summed E-state index contributed by atoms with van der Waals surface area (Å²) in [5, 5.41) is 3.05. The molecule has 1 N–H and O–H groups in total. The molecule has 148 valence electrons. The average molecular weight is 389 g/mol. The van der Waals surface area contributed by atoms with E-state index in [1.54, 1.807) is 37.2 Å². The highest BCUT2D eigenvalue weighted by atomic mass is 16.5. The summed E-state index contributed by atoms with van der Waals surface area (Å²) in [6.45, 7) is 1.79. The van der Waals surface area contributed by atoms with Crippen LogP contribution in [-0.4, -0.2) is 22.6 Å². The van der Waals surface area contributed by atoms with E-state index in [2.05, 4.69) is 10.3 Å². The Kier molecular flexibility index (Phi) is 5.16. The van der Waals surface area contributed by atoms with Gasteiger partial charge in [-0.3, -0.25) is 14.6 Å². The topological polar surface area (TPSA) is 73.2 Å². The van der Waals surface area contributed by atoms with Crippen molar-refractivity contribution in [1.82, 2.24) is 14.9 Å². The molecule has 6 nitrogen and oxygen atoms in total. The SMILES string of the molecule is COc1ccc(C(NC(=O)c2c(C)ccn(C3CC3)c2=O)c2ccncc2)cc1. The van der Waals surface area contributed by atoms with Crippen molar-refractivity contribution < 1.29 is 9.53 Å². The molecule has 2 aromatic heterocycles. The van der Waals surface area contributed by atoms with Crippen molar-refractivity contribution in [2.45, 2.75) is 31.8 Å². The van der Waals surface area contributed by atoms with Crippen LogP contribution in [0.15, 0.2) is 65.8 Å². The Hall–Kier alpha value is -3.41. The van der Waals surface area contributed by atoms with Crippen LogP contribution in [0.1, 0.15) is 52.0 Å². The molecule has 1 unspecified atom stereocenters. The number of benzene rings is 1. The van der Waals surface area contributed by atoms with Gasteiger partial charge >= 0.3 is 0 Å². The van der Waals surface area contributed by atoms with Gasteiger partial charge in [0.2, 0.25) is 0 Å². The Balaban J connectivity index is 1.70. The molecular formula is C23H23N3O3. The number of hydrogen-bond acceptors (Lipinski definition) is 4. The predicted molar refractivity (Wildman–Crippen MR) is 110 cm³/mol. The van der Waals surface area contributed by atoms with Crippen LogP contribution < -0.4 is 15.6 Å². The van der Waals surface area contributed by atoms with E-state index in [4.69, 9.17) is 4.74 Å². The highest BCUT2D eigenvalue weighted by Crippen LogP contribution is 2.33. The Morgan fingerprint density at radius 3 is 2.38 bits per heavy atom. The van der Waals surface area contributed by atoms with Gasteiger partial charge in [0, 0.05) is 24.6 Å². The lowest BCUT2D eigenvalue weighted by molar-refractivity contribution is 0.0940. The van der Waals surface area contributed by atoms with Gasteiger partial charge in [0.25, 0.3) is 11.5 Å². The molecule has 0 spiro atoms. The molecule has 1 aliphatic rings. The summed E-state index contributed by atoms with van der Waals surface area (Å²) in [5.41, 5.74) is 2.42. The minimum absolute atomic E-state index is 0.201. The van der Waals surface area contributed by atoms with E-state index >= 15 is 0 Å². The van der Waals surface area contributed by atoms with Crippen LogP contribution in [0.5, 0.6) is 5.75 Å². The van der Waals surface area contributed by atoms with Crippen LogP contribution >= 0.6 is 0 Å². The van der Waals surface area contributed by atoms with E-state index in [0.29, 0.717) is 5.56 Å². The Labute approximate surface area is 169 Å². The minimum atomic E-state index is -0.412. The second-order valence-corrected chi connectivity index (χ2v) is 7.28. The molecule has 3 aromatic rings. The van der Waals surface area contributed by atoms with Crippen LogP contribution in [0.25, 0.3) is 0 Å². The molecule has 1 aromatic carbocycles. The molecule has 4 rings (SSSR count). The highest BCUT2D eigenvalue weighted by Gasteiger charge is 2.28. The number of ether oxygens (including phenoxy) is 1. The largest absolute Gasteiger partial charge is 0.497 e. The lowest BCUT2D eigenvalue weighted by Gasteiger charge is -2.21. The number of nitrogens with one attached hydrogen (secondary N) is 1. The average Bonchev–Trinajstić information content (AvgIpc) is 3.58. The molecule has 1 amide bonds. The van der Waals surface area contributed by atoms with Gasteiger partial charge in [-0.15, -0.1) is 0 Å². The molecule has 0 saturated heterocycles. The van der Waals surface area contributed by atoms with Gasteiger partial charge in [-0.25, -0.2) is 0 Å². The van der Waals surface area contributed by atoms with Crippen molar-refractivity contribution in [2.24, 2.45) is 0 Å². The second-order valence-electron chi connectivity index (χ2n) is 7.28. The smallest absolute Gasteiger partial charge is 0.263 e. The first kappa shape index (κ1) is 18.9. The normalized spacial score (nSPS) is 14.3. The van der Waals surface area contributed by atoms with Crippen LogP contribution in [0, 0.1) is 6.92 Å². The summed E-state index contributed by atoms with van der Waals surface area (Å²) in [7, 11) is 1.61. The standard InChI is InChI=1S/C23H23N3O3/c1-15-11-14-26(18-5-6-18)23(28)20(15)22(27)25-21(17-9-12-24-13-10-17)16-3-7-19(29-2)8-4-16/h3-4,7-14,18,21H,5-6H2,1-2H3,(H,25,27). The van der Waals surface area contributed by atoms with Gasteiger partial charge in [-0.1, -0.05) is 12.1 Å². The molecule has 2 heterocycles. The summed E-state index contributed by atoms with van der Waals surface area (Å²) < 4.78 is 6.91. The zero-order valence-electron chi connectivity index (χ0n) is 16.5. The number of rotatable bonds is 6. The molecule has 6 heteroatoms. The first-order valence-electron chi connectivity index (χ1n) is 9.65. The molecule has 0 bridgehead atoms. The maximum atomic E-state index is 13.2. The quantitative estimate of drug-likeness (QED) is 0.701. The van der Waals surface area contributed by atoms with Gasteiger partial charge in [0.1, 0.15) is 11.3 Å². The lowest BCUT2D eigenvalue weighted by Crippen LogP contribution is -2.36. The van der Waals surface area contributed by atoms with E-state index in [-0.39, 0.29) is 23.1 Å². The number of methoxy groups -OCH3 is 1. The number of hydrogen-bond donors (Lipinski definition) is 1. The highest BCUT2D eigenvalue weighted by molar-refractivity contribution is 5.95. The van der Waals surface area contributed by atoms with E-state index in [0.717, 1.165) is 29.7 Å². The lowest BCUT2D eigenvalue weighted by atomic mass is 9.98. The van der Waals surface area contributed by atoms with E-state index in [9.17, 15) is 9.59 Å². The number of carbonyl (C=O) groups is 1. The van der Waals surface area contributed by atoms with E-state index in [1.807, 2.05) is 42.5 Å². The van der Waals surface area contributed by atoms with E-state index < -0.39 is 6.04 Å². The summed E-state index contributed by atoms with van der Waals surface area (Å²) >= 11 is 0. The Bertz CT molecular complexity index is 1070. The Morgan fingerprint density at radius 2 is 1.76 bits per heavy atom. The second kappa shape index (κ2) is 7.91. The van der Waals surface area contributed by atoms with Crippen LogP contribution in [-0.2, 0) is 0 Å². The number of aryl methyl sites for hydroxylation is 1. The predicted octanol–water partition coefficient (Wildman–Crippen LogP) is 3.41. The fraction of sp³-hybridized carbons (Fsp3) is 0.261. The zero-order chi connectivity index (χ0) is 20.4. The number of nitrogens with zero attached hydrogens (tertiary/aromatic N) is 2. The van der Waals surface area contributed by atoms with Gasteiger partial charge in [0.05, 0.1) is 13.2 Å².